The van der Waals surface area contributed by atoms with Crippen LogP contribution in [0, 0.1) is 0 Å². The first-order valence-corrected chi connectivity index (χ1v) is 7.45. The van der Waals surface area contributed by atoms with Gasteiger partial charge in [-0.05, 0) is 31.4 Å². The Balaban J connectivity index is 1.85. The number of aromatic nitrogens is 3. The maximum absolute atomic E-state index is 5.44. The van der Waals surface area contributed by atoms with Crippen molar-refractivity contribution >= 4 is 11.8 Å². The van der Waals surface area contributed by atoms with Crippen LogP contribution in [0.25, 0.3) is 0 Å². The second-order valence-corrected chi connectivity index (χ2v) is 5.69. The Labute approximate surface area is 111 Å². The summed E-state index contributed by atoms with van der Waals surface area (Å²) in [7, 11) is 0. The van der Waals surface area contributed by atoms with Crippen LogP contribution in [0.4, 0.5) is 0 Å². The van der Waals surface area contributed by atoms with E-state index < -0.39 is 0 Å². The van der Waals surface area contributed by atoms with Gasteiger partial charge in [-0.3, -0.25) is 4.57 Å². The van der Waals surface area contributed by atoms with Gasteiger partial charge in [0, 0.05) is 11.7 Å². The Morgan fingerprint density at radius 2 is 2.33 bits per heavy atom. The second kappa shape index (κ2) is 5.18. The number of nitrogens with zero attached hydrogens (tertiary/aromatic N) is 3. The lowest BCUT2D eigenvalue weighted by Gasteiger charge is -2.07. The summed E-state index contributed by atoms with van der Waals surface area (Å²) in [6.45, 7) is 2.93. The minimum absolute atomic E-state index is 0.614. The van der Waals surface area contributed by atoms with Gasteiger partial charge in [-0.1, -0.05) is 18.7 Å². The van der Waals surface area contributed by atoms with Gasteiger partial charge >= 0.3 is 0 Å². The van der Waals surface area contributed by atoms with E-state index in [0.717, 1.165) is 35.5 Å². The summed E-state index contributed by atoms with van der Waals surface area (Å²) < 4.78 is 7.65. The molecule has 0 unspecified atom stereocenters. The number of hydrogen-bond acceptors (Lipinski definition) is 4. The molecular weight excluding hydrogens is 246 g/mol. The van der Waals surface area contributed by atoms with Gasteiger partial charge in [0.1, 0.15) is 11.6 Å². The van der Waals surface area contributed by atoms with Crippen molar-refractivity contribution in [2.24, 2.45) is 0 Å². The standard InChI is InChI=1S/C13H17N3OS/c1-2-8-18-13-15-14-12(10-5-6-10)16(13)9-11-4-3-7-17-11/h3-4,7,10H,2,5-6,8-9H2,1H3. The molecule has 3 rings (SSSR count). The normalized spacial score (nSPS) is 15.2. The largest absolute Gasteiger partial charge is 0.467 e. The molecular formula is C13H17N3OS. The van der Waals surface area contributed by atoms with Crippen molar-refractivity contribution in [3.63, 3.8) is 0 Å². The quantitative estimate of drug-likeness (QED) is 0.750. The molecule has 1 aliphatic carbocycles. The van der Waals surface area contributed by atoms with Gasteiger partial charge in [0.05, 0.1) is 12.8 Å². The summed E-state index contributed by atoms with van der Waals surface area (Å²) in [5, 5.41) is 9.72. The number of thioether (sulfide) groups is 1. The highest BCUT2D eigenvalue weighted by Crippen LogP contribution is 2.40. The van der Waals surface area contributed by atoms with Crippen LogP contribution < -0.4 is 0 Å². The smallest absolute Gasteiger partial charge is 0.191 e. The third kappa shape index (κ3) is 2.46. The van der Waals surface area contributed by atoms with Crippen LogP contribution in [0.5, 0.6) is 0 Å². The topological polar surface area (TPSA) is 43.9 Å². The van der Waals surface area contributed by atoms with Gasteiger partial charge in [0.15, 0.2) is 5.16 Å². The van der Waals surface area contributed by atoms with Gasteiger partial charge in [-0.25, -0.2) is 0 Å². The van der Waals surface area contributed by atoms with Crippen LogP contribution in [0.3, 0.4) is 0 Å². The van der Waals surface area contributed by atoms with Crippen molar-refractivity contribution in [3.8, 4) is 0 Å². The van der Waals surface area contributed by atoms with E-state index in [9.17, 15) is 0 Å². The SMILES string of the molecule is CCCSc1nnc(C2CC2)n1Cc1ccco1. The molecule has 1 saturated carbocycles. The summed E-state index contributed by atoms with van der Waals surface area (Å²) in [6, 6.07) is 3.93. The molecule has 5 heteroatoms. The molecule has 1 fully saturated rings. The Morgan fingerprint density at radius 3 is 3.00 bits per heavy atom. The van der Waals surface area contributed by atoms with E-state index in [-0.39, 0.29) is 0 Å². The molecule has 0 radical (unpaired) electrons. The fraction of sp³-hybridized carbons (Fsp3) is 0.538. The Morgan fingerprint density at radius 1 is 1.44 bits per heavy atom. The van der Waals surface area contributed by atoms with E-state index in [1.807, 2.05) is 12.1 Å². The zero-order valence-electron chi connectivity index (χ0n) is 10.5. The Bertz CT molecular complexity index is 502. The molecule has 4 nitrogen and oxygen atoms in total. The summed E-state index contributed by atoms with van der Waals surface area (Å²) in [6.07, 6.45) is 5.36. The molecule has 2 aromatic heterocycles. The maximum Gasteiger partial charge on any atom is 0.191 e. The zero-order chi connectivity index (χ0) is 12.4. The third-order valence-corrected chi connectivity index (χ3v) is 4.19. The van der Waals surface area contributed by atoms with Crippen LogP contribution in [-0.2, 0) is 6.54 Å². The van der Waals surface area contributed by atoms with Crippen molar-refractivity contribution in [2.75, 3.05) is 5.75 Å². The summed E-state index contributed by atoms with van der Waals surface area (Å²) in [5.74, 6) is 3.80. The minimum atomic E-state index is 0.614. The molecule has 0 atom stereocenters. The summed E-state index contributed by atoms with van der Waals surface area (Å²) in [4.78, 5) is 0. The number of hydrogen-bond donors (Lipinski definition) is 0. The predicted octanol–water partition coefficient (Wildman–Crippen LogP) is 3.30. The van der Waals surface area contributed by atoms with Gasteiger partial charge in [-0.2, -0.15) is 0 Å². The molecule has 0 amide bonds. The highest BCUT2D eigenvalue weighted by molar-refractivity contribution is 7.99. The van der Waals surface area contributed by atoms with Crippen LogP contribution in [-0.4, -0.2) is 20.5 Å². The molecule has 0 N–H and O–H groups in total. The molecule has 1 aliphatic rings. The molecule has 0 spiro atoms. The van der Waals surface area contributed by atoms with Gasteiger partial charge in [0.2, 0.25) is 0 Å². The second-order valence-electron chi connectivity index (χ2n) is 4.63. The third-order valence-electron chi connectivity index (χ3n) is 3.02. The van der Waals surface area contributed by atoms with E-state index in [2.05, 4.69) is 21.7 Å². The Hall–Kier alpha value is -1.23. The van der Waals surface area contributed by atoms with Crippen LogP contribution in [0.2, 0.25) is 0 Å². The van der Waals surface area contributed by atoms with Crippen molar-refractivity contribution in [3.05, 3.63) is 30.0 Å². The van der Waals surface area contributed by atoms with Gasteiger partial charge < -0.3 is 4.42 Å². The summed E-state index contributed by atoms with van der Waals surface area (Å²) in [5.41, 5.74) is 0. The van der Waals surface area contributed by atoms with Crippen molar-refractivity contribution in [1.82, 2.24) is 14.8 Å². The van der Waals surface area contributed by atoms with Crippen LogP contribution >= 0.6 is 11.8 Å². The van der Waals surface area contributed by atoms with E-state index in [1.54, 1.807) is 18.0 Å². The van der Waals surface area contributed by atoms with Crippen molar-refractivity contribution in [2.45, 2.75) is 43.8 Å². The number of rotatable bonds is 6. The highest BCUT2D eigenvalue weighted by atomic mass is 32.2. The molecule has 2 heterocycles. The zero-order valence-corrected chi connectivity index (χ0v) is 11.3. The molecule has 0 saturated heterocycles. The molecule has 0 aromatic carbocycles. The Kier molecular flexibility index (Phi) is 3.41. The van der Waals surface area contributed by atoms with Crippen LogP contribution in [0.1, 0.15) is 43.7 Å². The monoisotopic (exact) mass is 263 g/mol. The molecule has 0 aliphatic heterocycles. The predicted molar refractivity (Wildman–Crippen MR) is 70.8 cm³/mol. The first-order chi connectivity index (χ1) is 8.88. The lowest BCUT2D eigenvalue weighted by Crippen LogP contribution is -2.05. The van der Waals surface area contributed by atoms with Crippen molar-refractivity contribution in [1.29, 1.82) is 0 Å². The van der Waals surface area contributed by atoms with E-state index in [4.69, 9.17) is 4.42 Å². The van der Waals surface area contributed by atoms with Gasteiger partial charge in [0.25, 0.3) is 0 Å². The molecule has 0 bridgehead atoms. The first-order valence-electron chi connectivity index (χ1n) is 6.46. The van der Waals surface area contributed by atoms with E-state index in [1.165, 1.54) is 12.8 Å². The fourth-order valence-electron chi connectivity index (χ4n) is 1.95. The lowest BCUT2D eigenvalue weighted by molar-refractivity contribution is 0.478. The van der Waals surface area contributed by atoms with Gasteiger partial charge in [-0.15, -0.1) is 10.2 Å². The molecule has 18 heavy (non-hydrogen) atoms. The fourth-order valence-corrected chi connectivity index (χ4v) is 2.75. The van der Waals surface area contributed by atoms with Crippen molar-refractivity contribution < 1.29 is 4.42 Å². The number of furan rings is 1. The average Bonchev–Trinajstić information content (AvgIpc) is 2.95. The average molecular weight is 263 g/mol. The van der Waals surface area contributed by atoms with Crippen LogP contribution in [0.15, 0.2) is 28.0 Å². The highest BCUT2D eigenvalue weighted by Gasteiger charge is 2.30. The van der Waals surface area contributed by atoms with E-state index >= 15 is 0 Å². The lowest BCUT2D eigenvalue weighted by atomic mass is 10.3. The first kappa shape index (κ1) is 11.8. The molecule has 96 valence electrons. The maximum atomic E-state index is 5.44. The van der Waals surface area contributed by atoms with E-state index in [0.29, 0.717) is 5.92 Å². The summed E-state index contributed by atoms with van der Waals surface area (Å²) >= 11 is 1.78. The minimum Gasteiger partial charge on any atom is -0.467 e. The molecule has 2 aromatic rings.